The lowest BCUT2D eigenvalue weighted by atomic mass is 9.87. The summed E-state index contributed by atoms with van der Waals surface area (Å²) in [6.07, 6.45) is 4.96. The lowest BCUT2D eigenvalue weighted by Crippen LogP contribution is -2.42. The van der Waals surface area contributed by atoms with Crippen LogP contribution in [0.5, 0.6) is 0 Å². The highest BCUT2D eigenvalue weighted by molar-refractivity contribution is 5.68. The summed E-state index contributed by atoms with van der Waals surface area (Å²) in [6.45, 7) is 9.96. The van der Waals surface area contributed by atoms with E-state index in [0.29, 0.717) is 5.41 Å². The Morgan fingerprint density at radius 1 is 1.30 bits per heavy atom. The van der Waals surface area contributed by atoms with Crippen molar-refractivity contribution in [3.8, 4) is 0 Å². The molecule has 2 heterocycles. The first-order valence-electron chi connectivity index (χ1n) is 8.08. The highest BCUT2D eigenvalue weighted by Crippen LogP contribution is 2.61. The van der Waals surface area contributed by atoms with Gasteiger partial charge >= 0.3 is 6.09 Å². The maximum Gasteiger partial charge on any atom is 0.410 e. The Hall–Kier alpha value is -0.770. The smallest absolute Gasteiger partial charge is 0.410 e. The maximum atomic E-state index is 12.0. The third-order valence-corrected chi connectivity index (χ3v) is 5.29. The summed E-state index contributed by atoms with van der Waals surface area (Å²) >= 11 is 0. The number of carbonyl (C=O) groups excluding carboxylic acids is 1. The monoisotopic (exact) mass is 280 g/mol. The summed E-state index contributed by atoms with van der Waals surface area (Å²) in [5.41, 5.74) is 0.253. The average molecular weight is 280 g/mol. The van der Waals surface area contributed by atoms with Crippen molar-refractivity contribution in [2.45, 2.75) is 52.1 Å². The van der Waals surface area contributed by atoms with Gasteiger partial charge in [-0.05, 0) is 70.3 Å². The molecule has 0 aromatic heterocycles. The molecule has 1 amide bonds. The molecule has 4 nitrogen and oxygen atoms in total. The summed E-state index contributed by atoms with van der Waals surface area (Å²) < 4.78 is 5.46. The van der Waals surface area contributed by atoms with Crippen molar-refractivity contribution in [1.82, 2.24) is 10.2 Å². The molecule has 1 N–H and O–H groups in total. The molecule has 2 atom stereocenters. The lowest BCUT2D eigenvalue weighted by molar-refractivity contribution is 0.0171. The number of nitrogens with zero attached hydrogens (tertiary/aromatic N) is 1. The standard InChI is InChI=1S/C16H28N2O2/c1-15(2,3)20-14(19)18-8-4-12(5-9-18)13-10-16(13)6-7-17-11-16/h12-13,17H,4-11H2,1-3H3. The molecule has 3 rings (SSSR count). The second-order valence-electron chi connectivity index (χ2n) is 7.90. The Morgan fingerprint density at radius 2 is 2.00 bits per heavy atom. The van der Waals surface area contributed by atoms with Crippen LogP contribution in [0, 0.1) is 17.3 Å². The van der Waals surface area contributed by atoms with Crippen LogP contribution in [-0.4, -0.2) is 42.8 Å². The minimum atomic E-state index is -0.385. The molecule has 3 aliphatic rings. The summed E-state index contributed by atoms with van der Waals surface area (Å²) in [5, 5.41) is 3.51. The van der Waals surface area contributed by atoms with Crippen molar-refractivity contribution >= 4 is 6.09 Å². The maximum absolute atomic E-state index is 12.0. The van der Waals surface area contributed by atoms with Gasteiger partial charge in [-0.1, -0.05) is 0 Å². The molecule has 114 valence electrons. The number of hydrogen-bond donors (Lipinski definition) is 1. The first kappa shape index (κ1) is 14.2. The number of hydrogen-bond acceptors (Lipinski definition) is 3. The quantitative estimate of drug-likeness (QED) is 0.803. The van der Waals surface area contributed by atoms with Gasteiger partial charge < -0.3 is 15.0 Å². The zero-order valence-corrected chi connectivity index (χ0v) is 13.1. The molecule has 0 aromatic carbocycles. The predicted octanol–water partition coefficient (Wildman–Crippen LogP) is 2.63. The zero-order chi connectivity index (χ0) is 14.4. The molecule has 20 heavy (non-hydrogen) atoms. The topological polar surface area (TPSA) is 41.6 Å². The molecule has 2 saturated heterocycles. The van der Waals surface area contributed by atoms with E-state index in [2.05, 4.69) is 5.32 Å². The molecule has 2 unspecified atom stereocenters. The Morgan fingerprint density at radius 3 is 2.55 bits per heavy atom. The molecular formula is C16H28N2O2. The Bertz CT molecular complexity index is 374. The van der Waals surface area contributed by atoms with Crippen molar-refractivity contribution in [3.63, 3.8) is 0 Å². The van der Waals surface area contributed by atoms with E-state index in [0.717, 1.165) is 37.8 Å². The van der Waals surface area contributed by atoms with Crippen LogP contribution in [0.15, 0.2) is 0 Å². The van der Waals surface area contributed by atoms with Gasteiger partial charge in [0.05, 0.1) is 0 Å². The Balaban J connectivity index is 1.47. The number of carbonyl (C=O) groups is 1. The molecule has 0 aromatic rings. The van der Waals surface area contributed by atoms with Crippen LogP contribution in [0.3, 0.4) is 0 Å². The van der Waals surface area contributed by atoms with Crippen LogP contribution >= 0.6 is 0 Å². The summed E-state index contributed by atoms with van der Waals surface area (Å²) in [5.74, 6) is 1.74. The molecule has 1 saturated carbocycles. The van der Waals surface area contributed by atoms with E-state index in [-0.39, 0.29) is 11.7 Å². The molecule has 0 bridgehead atoms. The first-order chi connectivity index (χ1) is 9.40. The number of nitrogens with one attached hydrogen (secondary N) is 1. The minimum Gasteiger partial charge on any atom is -0.444 e. The van der Waals surface area contributed by atoms with Crippen LogP contribution < -0.4 is 5.32 Å². The summed E-state index contributed by atoms with van der Waals surface area (Å²) in [6, 6.07) is 0. The van der Waals surface area contributed by atoms with Gasteiger partial charge in [-0.15, -0.1) is 0 Å². The fraction of sp³-hybridized carbons (Fsp3) is 0.938. The molecule has 1 spiro atoms. The van der Waals surface area contributed by atoms with Gasteiger partial charge in [0.25, 0.3) is 0 Å². The van der Waals surface area contributed by atoms with Crippen LogP contribution in [-0.2, 0) is 4.74 Å². The van der Waals surface area contributed by atoms with E-state index < -0.39 is 0 Å². The zero-order valence-electron chi connectivity index (χ0n) is 13.1. The molecule has 4 heteroatoms. The van der Waals surface area contributed by atoms with Crippen molar-refractivity contribution in [2.75, 3.05) is 26.2 Å². The molecule has 1 aliphatic carbocycles. The third-order valence-electron chi connectivity index (χ3n) is 5.29. The van der Waals surface area contributed by atoms with Crippen molar-refractivity contribution in [3.05, 3.63) is 0 Å². The number of likely N-dealkylation sites (tertiary alicyclic amines) is 1. The minimum absolute atomic E-state index is 0.135. The molecular weight excluding hydrogens is 252 g/mol. The van der Waals surface area contributed by atoms with Crippen LogP contribution in [0.4, 0.5) is 4.79 Å². The Labute approximate surface area is 122 Å². The van der Waals surface area contributed by atoms with Gasteiger partial charge in [-0.3, -0.25) is 0 Å². The fourth-order valence-electron chi connectivity index (χ4n) is 4.11. The predicted molar refractivity (Wildman–Crippen MR) is 78.6 cm³/mol. The van der Waals surface area contributed by atoms with E-state index in [4.69, 9.17) is 4.74 Å². The molecule has 3 fully saturated rings. The van der Waals surface area contributed by atoms with Gasteiger partial charge in [-0.25, -0.2) is 4.79 Å². The van der Waals surface area contributed by atoms with Crippen LogP contribution in [0.2, 0.25) is 0 Å². The fourth-order valence-corrected chi connectivity index (χ4v) is 4.11. The molecule has 2 aliphatic heterocycles. The molecule has 0 radical (unpaired) electrons. The second kappa shape index (κ2) is 4.90. The number of ether oxygens (including phenoxy) is 1. The van der Waals surface area contributed by atoms with Crippen molar-refractivity contribution in [2.24, 2.45) is 17.3 Å². The largest absolute Gasteiger partial charge is 0.444 e. The van der Waals surface area contributed by atoms with E-state index >= 15 is 0 Å². The van der Waals surface area contributed by atoms with Gasteiger partial charge in [0.2, 0.25) is 0 Å². The first-order valence-corrected chi connectivity index (χ1v) is 8.08. The van der Waals surface area contributed by atoms with E-state index in [9.17, 15) is 4.79 Å². The van der Waals surface area contributed by atoms with Crippen molar-refractivity contribution in [1.29, 1.82) is 0 Å². The highest BCUT2D eigenvalue weighted by atomic mass is 16.6. The average Bonchev–Trinajstić information content (AvgIpc) is 2.85. The van der Waals surface area contributed by atoms with Gasteiger partial charge in [0.1, 0.15) is 5.60 Å². The third kappa shape index (κ3) is 2.80. The van der Waals surface area contributed by atoms with E-state index in [1.54, 1.807) is 0 Å². The van der Waals surface area contributed by atoms with E-state index in [1.165, 1.54) is 25.9 Å². The number of amides is 1. The van der Waals surface area contributed by atoms with Crippen molar-refractivity contribution < 1.29 is 9.53 Å². The number of rotatable bonds is 1. The number of piperidine rings is 1. The lowest BCUT2D eigenvalue weighted by Gasteiger charge is -2.34. The van der Waals surface area contributed by atoms with Crippen LogP contribution in [0.25, 0.3) is 0 Å². The summed E-state index contributed by atoms with van der Waals surface area (Å²) in [7, 11) is 0. The summed E-state index contributed by atoms with van der Waals surface area (Å²) in [4.78, 5) is 13.9. The normalized spacial score (nSPS) is 34.5. The van der Waals surface area contributed by atoms with Gasteiger partial charge in [0, 0.05) is 19.6 Å². The highest BCUT2D eigenvalue weighted by Gasteiger charge is 2.58. The Kier molecular flexibility index (Phi) is 3.47. The van der Waals surface area contributed by atoms with Gasteiger partial charge in [-0.2, -0.15) is 0 Å². The van der Waals surface area contributed by atoms with Crippen LogP contribution in [0.1, 0.15) is 46.5 Å². The van der Waals surface area contributed by atoms with E-state index in [1.807, 2.05) is 25.7 Å². The SMILES string of the molecule is CC(C)(C)OC(=O)N1CCC(C2CC23CCNC3)CC1. The van der Waals surface area contributed by atoms with Gasteiger partial charge in [0.15, 0.2) is 0 Å². The second-order valence-corrected chi connectivity index (χ2v) is 7.90.